The first-order chi connectivity index (χ1) is 9.28. The number of hydrogen-bond acceptors (Lipinski definition) is 4. The molecular formula is C15H21NO4. The number of carbonyl (C=O) groups is 2. The van der Waals surface area contributed by atoms with Crippen LogP contribution in [-0.2, 0) is 20.9 Å². The van der Waals surface area contributed by atoms with Crippen LogP contribution in [0, 0.1) is 0 Å². The smallest absolute Gasteiger partial charge is 0.312 e. The molecule has 0 aromatic heterocycles. The van der Waals surface area contributed by atoms with Crippen LogP contribution in [0.5, 0.6) is 0 Å². The molecule has 0 spiro atoms. The minimum absolute atomic E-state index is 0.202. The van der Waals surface area contributed by atoms with Crippen LogP contribution in [0.3, 0.4) is 0 Å². The maximum Gasteiger partial charge on any atom is 0.312 e. The van der Waals surface area contributed by atoms with E-state index in [4.69, 9.17) is 4.74 Å². The molecule has 110 valence electrons. The Kier molecular flexibility index (Phi) is 5.70. The summed E-state index contributed by atoms with van der Waals surface area (Å²) in [4.78, 5) is 22.7. The van der Waals surface area contributed by atoms with Crippen LogP contribution in [-0.4, -0.2) is 23.6 Å². The lowest BCUT2D eigenvalue weighted by Gasteiger charge is -2.22. The first-order valence-corrected chi connectivity index (χ1v) is 6.58. The maximum atomic E-state index is 11.7. The third-order valence-electron chi connectivity index (χ3n) is 2.59. The third kappa shape index (κ3) is 6.33. The monoisotopic (exact) mass is 279 g/mol. The van der Waals surface area contributed by atoms with E-state index in [0.29, 0.717) is 6.54 Å². The molecule has 0 radical (unpaired) electrons. The van der Waals surface area contributed by atoms with Crippen molar-refractivity contribution in [1.29, 1.82) is 0 Å². The van der Waals surface area contributed by atoms with Crippen molar-refractivity contribution in [3.63, 3.8) is 0 Å². The number of nitrogens with two attached hydrogens (primary N) is 1. The van der Waals surface area contributed by atoms with Crippen LogP contribution in [0.4, 0.5) is 0 Å². The summed E-state index contributed by atoms with van der Waals surface area (Å²) < 4.78 is 5.12. The van der Waals surface area contributed by atoms with Crippen LogP contribution in [0.15, 0.2) is 30.3 Å². The molecule has 0 aliphatic carbocycles. The first kappa shape index (κ1) is 16.2. The molecule has 0 saturated heterocycles. The first-order valence-electron chi connectivity index (χ1n) is 6.58. The van der Waals surface area contributed by atoms with Crippen LogP contribution >= 0.6 is 0 Å². The summed E-state index contributed by atoms with van der Waals surface area (Å²) in [6, 6.07) is 8.51. The molecule has 5 heteroatoms. The van der Waals surface area contributed by atoms with Crippen LogP contribution in [0.25, 0.3) is 0 Å². The molecule has 20 heavy (non-hydrogen) atoms. The Balaban J connectivity index is 2.53. The number of quaternary nitrogens is 1. The second-order valence-corrected chi connectivity index (χ2v) is 5.64. The maximum absolute atomic E-state index is 11.7. The van der Waals surface area contributed by atoms with Gasteiger partial charge >= 0.3 is 5.97 Å². The van der Waals surface area contributed by atoms with Crippen molar-refractivity contribution in [2.24, 2.45) is 0 Å². The van der Waals surface area contributed by atoms with Crippen LogP contribution < -0.4 is 10.4 Å². The van der Waals surface area contributed by atoms with Crippen molar-refractivity contribution in [2.75, 3.05) is 0 Å². The zero-order valence-corrected chi connectivity index (χ0v) is 12.1. The van der Waals surface area contributed by atoms with Crippen molar-refractivity contribution in [3.05, 3.63) is 35.9 Å². The largest absolute Gasteiger partial charge is 0.544 e. The molecule has 1 aromatic carbocycles. The predicted octanol–water partition coefficient (Wildman–Crippen LogP) is -0.400. The lowest BCUT2D eigenvalue weighted by molar-refractivity contribution is -0.697. The minimum Gasteiger partial charge on any atom is -0.544 e. The van der Waals surface area contributed by atoms with Gasteiger partial charge in [-0.1, -0.05) is 30.3 Å². The number of benzene rings is 1. The van der Waals surface area contributed by atoms with Gasteiger partial charge in [0.15, 0.2) is 0 Å². The number of hydrogen-bond donors (Lipinski definition) is 1. The SMILES string of the molecule is CC(C)(C)OC(=O)C[C@H]([NH2+]Cc1ccccc1)C(=O)[O-]. The van der Waals surface area contributed by atoms with Crippen LogP contribution in [0.2, 0.25) is 0 Å². The number of rotatable bonds is 6. The molecule has 0 aliphatic rings. The number of aliphatic carboxylic acids is 1. The van der Waals surface area contributed by atoms with Gasteiger partial charge in [0.05, 0.1) is 5.97 Å². The fourth-order valence-corrected chi connectivity index (χ4v) is 1.72. The highest BCUT2D eigenvalue weighted by Crippen LogP contribution is 2.08. The lowest BCUT2D eigenvalue weighted by atomic mass is 10.1. The number of ether oxygens (including phenoxy) is 1. The standard InChI is InChI=1S/C15H21NO4/c1-15(2,3)20-13(17)9-12(14(18)19)16-10-11-7-5-4-6-8-11/h4-8,12,16H,9-10H2,1-3H3,(H,18,19)/t12-/m0/s1. The highest BCUT2D eigenvalue weighted by atomic mass is 16.6. The number of carbonyl (C=O) groups excluding carboxylic acids is 2. The van der Waals surface area contributed by atoms with Gasteiger partial charge in [-0.15, -0.1) is 0 Å². The molecular weight excluding hydrogens is 258 g/mol. The van der Waals surface area contributed by atoms with Gasteiger partial charge in [-0.05, 0) is 20.8 Å². The zero-order valence-electron chi connectivity index (χ0n) is 12.1. The summed E-state index contributed by atoms with van der Waals surface area (Å²) in [5.41, 5.74) is 0.371. The molecule has 0 bridgehead atoms. The van der Waals surface area contributed by atoms with Gasteiger partial charge in [0.1, 0.15) is 24.6 Å². The van der Waals surface area contributed by atoms with Gasteiger partial charge in [0.2, 0.25) is 0 Å². The second kappa shape index (κ2) is 7.05. The van der Waals surface area contributed by atoms with Gasteiger partial charge in [-0.2, -0.15) is 0 Å². The Hall–Kier alpha value is -1.88. The summed E-state index contributed by atoms with van der Waals surface area (Å²) in [5, 5.41) is 12.6. The molecule has 5 nitrogen and oxygen atoms in total. The summed E-state index contributed by atoms with van der Waals surface area (Å²) in [7, 11) is 0. The van der Waals surface area contributed by atoms with E-state index in [1.807, 2.05) is 30.3 Å². The molecule has 2 N–H and O–H groups in total. The van der Waals surface area contributed by atoms with Gasteiger partial charge in [0.25, 0.3) is 0 Å². The summed E-state index contributed by atoms with van der Waals surface area (Å²) in [5.74, 6) is -1.79. The number of carboxylic acids is 1. The Morgan fingerprint density at radius 2 is 1.85 bits per heavy atom. The van der Waals surface area contributed by atoms with Gasteiger partial charge < -0.3 is 20.0 Å². The molecule has 0 saturated carbocycles. The molecule has 1 rings (SSSR count). The van der Waals surface area contributed by atoms with E-state index < -0.39 is 23.6 Å². The molecule has 1 aromatic rings. The Morgan fingerprint density at radius 3 is 2.35 bits per heavy atom. The molecule has 0 fully saturated rings. The van der Waals surface area contributed by atoms with E-state index >= 15 is 0 Å². The van der Waals surface area contributed by atoms with E-state index in [-0.39, 0.29) is 6.42 Å². The van der Waals surface area contributed by atoms with Crippen molar-refractivity contribution in [3.8, 4) is 0 Å². The molecule has 0 unspecified atom stereocenters. The van der Waals surface area contributed by atoms with E-state index in [2.05, 4.69) is 0 Å². The van der Waals surface area contributed by atoms with Crippen molar-refractivity contribution in [1.82, 2.24) is 0 Å². The highest BCUT2D eigenvalue weighted by molar-refractivity contribution is 5.79. The second-order valence-electron chi connectivity index (χ2n) is 5.64. The van der Waals surface area contributed by atoms with Crippen LogP contribution in [0.1, 0.15) is 32.8 Å². The minimum atomic E-state index is -1.26. The number of esters is 1. The van der Waals surface area contributed by atoms with E-state index in [0.717, 1.165) is 5.56 Å². The van der Waals surface area contributed by atoms with E-state index in [1.165, 1.54) is 0 Å². The van der Waals surface area contributed by atoms with Crippen molar-refractivity contribution in [2.45, 2.75) is 45.4 Å². The normalized spacial score (nSPS) is 12.8. The summed E-state index contributed by atoms with van der Waals surface area (Å²) >= 11 is 0. The molecule has 0 aliphatic heterocycles. The van der Waals surface area contributed by atoms with Gasteiger partial charge in [-0.3, -0.25) is 4.79 Å². The van der Waals surface area contributed by atoms with Gasteiger partial charge in [-0.25, -0.2) is 0 Å². The van der Waals surface area contributed by atoms with Gasteiger partial charge in [0, 0.05) is 5.56 Å². The molecule has 1 atom stereocenters. The van der Waals surface area contributed by atoms with E-state index in [9.17, 15) is 14.7 Å². The average molecular weight is 279 g/mol. The Labute approximate surface area is 118 Å². The zero-order chi connectivity index (χ0) is 15.2. The Morgan fingerprint density at radius 1 is 1.25 bits per heavy atom. The highest BCUT2D eigenvalue weighted by Gasteiger charge is 2.23. The van der Waals surface area contributed by atoms with Crippen molar-refractivity contribution >= 4 is 11.9 Å². The summed E-state index contributed by atoms with van der Waals surface area (Å²) in [6.45, 7) is 5.70. The predicted molar refractivity (Wildman–Crippen MR) is 71.3 cm³/mol. The molecule has 0 heterocycles. The Bertz CT molecular complexity index is 451. The fourth-order valence-electron chi connectivity index (χ4n) is 1.72. The molecule has 0 amide bonds. The quantitative estimate of drug-likeness (QED) is 0.718. The van der Waals surface area contributed by atoms with Crippen molar-refractivity contribution < 1.29 is 24.7 Å². The average Bonchev–Trinajstić information content (AvgIpc) is 2.33. The fraction of sp³-hybridized carbons (Fsp3) is 0.467. The number of carboxylic acid groups (broad SMARTS) is 1. The topological polar surface area (TPSA) is 83.0 Å². The third-order valence-corrected chi connectivity index (χ3v) is 2.59. The lowest BCUT2D eigenvalue weighted by Crippen LogP contribution is -2.92. The van der Waals surface area contributed by atoms with E-state index in [1.54, 1.807) is 26.1 Å². The summed E-state index contributed by atoms with van der Waals surface area (Å²) in [6.07, 6.45) is -0.202.